The molecule has 0 fully saturated rings. The highest BCUT2D eigenvalue weighted by molar-refractivity contribution is 6.27. The molecule has 0 aliphatic rings. The van der Waals surface area contributed by atoms with E-state index in [0.717, 1.165) is 6.07 Å². The van der Waals surface area contributed by atoms with E-state index < -0.39 is 23.6 Å². The Labute approximate surface area is 88.3 Å². The molecule has 1 rings (SSSR count). The van der Waals surface area contributed by atoms with Crippen molar-refractivity contribution in [3.05, 3.63) is 29.8 Å². The Morgan fingerprint density at radius 1 is 1.19 bits per heavy atom. The van der Waals surface area contributed by atoms with Crippen LogP contribution in [0.1, 0.15) is 0 Å². The van der Waals surface area contributed by atoms with Gasteiger partial charge in [-0.25, -0.2) is 18.4 Å². The third-order valence-corrected chi connectivity index (χ3v) is 1.29. The quantitative estimate of drug-likeness (QED) is 0.318. The van der Waals surface area contributed by atoms with E-state index in [1.807, 2.05) is 5.43 Å². The summed E-state index contributed by atoms with van der Waals surface area (Å²) in [5.41, 5.74) is 1.98. The number of carboxylic acids is 2. The van der Waals surface area contributed by atoms with Crippen molar-refractivity contribution in [2.24, 2.45) is 5.84 Å². The molecule has 0 amide bonds. The van der Waals surface area contributed by atoms with Crippen LogP contribution >= 0.6 is 0 Å². The molecule has 88 valence electrons. The van der Waals surface area contributed by atoms with Gasteiger partial charge in [0.2, 0.25) is 0 Å². The minimum absolute atomic E-state index is 0.0417. The molecule has 0 spiro atoms. The van der Waals surface area contributed by atoms with E-state index in [2.05, 4.69) is 0 Å². The number of hydrazine groups is 1. The largest absolute Gasteiger partial charge is 0.473 e. The van der Waals surface area contributed by atoms with Crippen LogP contribution in [0.5, 0.6) is 0 Å². The number of carboxylic acid groups (broad SMARTS) is 2. The zero-order chi connectivity index (χ0) is 12.7. The molecule has 1 aromatic carbocycles. The number of hydrogen-bond acceptors (Lipinski definition) is 4. The van der Waals surface area contributed by atoms with Crippen LogP contribution in [0, 0.1) is 11.6 Å². The third-order valence-electron chi connectivity index (χ3n) is 1.29. The summed E-state index contributed by atoms with van der Waals surface area (Å²) in [6.45, 7) is 0. The molecule has 0 atom stereocenters. The fourth-order valence-electron chi connectivity index (χ4n) is 0.615. The monoisotopic (exact) mass is 234 g/mol. The van der Waals surface area contributed by atoms with Crippen LogP contribution in [0.4, 0.5) is 14.5 Å². The number of halogens is 2. The third kappa shape index (κ3) is 4.33. The fraction of sp³-hybridized carbons (Fsp3) is 0. The van der Waals surface area contributed by atoms with Crippen LogP contribution in [0.2, 0.25) is 0 Å². The minimum atomic E-state index is -1.82. The van der Waals surface area contributed by atoms with E-state index in [1.54, 1.807) is 0 Å². The van der Waals surface area contributed by atoms with Gasteiger partial charge in [-0.05, 0) is 12.1 Å². The minimum Gasteiger partial charge on any atom is -0.473 e. The van der Waals surface area contributed by atoms with Crippen molar-refractivity contribution in [2.75, 3.05) is 5.43 Å². The molecule has 0 heterocycles. The Hall–Kier alpha value is -2.22. The van der Waals surface area contributed by atoms with Gasteiger partial charge in [-0.15, -0.1) is 0 Å². The Kier molecular flexibility index (Phi) is 5.42. The highest BCUT2D eigenvalue weighted by atomic mass is 19.2. The lowest BCUT2D eigenvalue weighted by Gasteiger charge is -1.99. The lowest BCUT2D eigenvalue weighted by Crippen LogP contribution is -2.09. The van der Waals surface area contributed by atoms with Gasteiger partial charge in [0.15, 0.2) is 11.6 Å². The van der Waals surface area contributed by atoms with Gasteiger partial charge in [-0.1, -0.05) is 6.07 Å². The normalized spacial score (nSPS) is 8.69. The number of benzene rings is 1. The first-order valence-corrected chi connectivity index (χ1v) is 3.77. The molecule has 1 aromatic rings. The maximum atomic E-state index is 12.5. The van der Waals surface area contributed by atoms with Crippen molar-refractivity contribution in [2.45, 2.75) is 0 Å². The van der Waals surface area contributed by atoms with Crippen molar-refractivity contribution < 1.29 is 28.6 Å². The number of hydrogen-bond donors (Lipinski definition) is 4. The molecule has 0 radical (unpaired) electrons. The smallest absolute Gasteiger partial charge is 0.414 e. The first-order chi connectivity index (χ1) is 7.40. The number of anilines is 1. The van der Waals surface area contributed by atoms with Gasteiger partial charge in [0.05, 0.1) is 5.69 Å². The number of nitrogen functional groups attached to an aromatic ring is 1. The highest BCUT2D eigenvalue weighted by Crippen LogP contribution is 2.14. The summed E-state index contributed by atoms with van der Waals surface area (Å²) in [6, 6.07) is 3.74. The predicted octanol–water partition coefficient (Wildman–Crippen LogP) is 0.406. The average molecular weight is 234 g/mol. The molecule has 0 aliphatic heterocycles. The summed E-state index contributed by atoms with van der Waals surface area (Å²) in [6.07, 6.45) is 0. The number of nitrogens with two attached hydrogens (primary N) is 1. The van der Waals surface area contributed by atoms with Crippen molar-refractivity contribution in [3.63, 3.8) is 0 Å². The van der Waals surface area contributed by atoms with Gasteiger partial charge in [0.25, 0.3) is 0 Å². The maximum absolute atomic E-state index is 12.5. The van der Waals surface area contributed by atoms with Crippen molar-refractivity contribution >= 4 is 17.6 Å². The second kappa shape index (κ2) is 6.30. The molecule has 0 aliphatic carbocycles. The Morgan fingerprint density at radius 2 is 1.69 bits per heavy atom. The highest BCUT2D eigenvalue weighted by Gasteiger charge is 2.04. The Balaban J connectivity index is 0.000000325. The fourth-order valence-corrected chi connectivity index (χ4v) is 0.615. The predicted molar refractivity (Wildman–Crippen MR) is 49.4 cm³/mol. The second-order valence-electron chi connectivity index (χ2n) is 2.36. The molecule has 5 N–H and O–H groups in total. The van der Waals surface area contributed by atoms with Crippen LogP contribution in [0.25, 0.3) is 0 Å². The standard InChI is InChI=1S/C6H6F2N2.C2H2O4/c7-4-2-1-3-5(10-9)6(4)8;3-1(4)2(5)6/h1-3,10H,9H2;(H,3,4)(H,5,6). The lowest BCUT2D eigenvalue weighted by atomic mass is 10.3. The van der Waals surface area contributed by atoms with Crippen molar-refractivity contribution in [1.29, 1.82) is 0 Å². The Bertz CT molecular complexity index is 386. The molecule has 0 saturated heterocycles. The molecule has 6 nitrogen and oxygen atoms in total. The Morgan fingerprint density at radius 3 is 2.00 bits per heavy atom. The molecular formula is C8H8F2N2O4. The van der Waals surface area contributed by atoms with Crippen molar-refractivity contribution in [1.82, 2.24) is 0 Å². The zero-order valence-corrected chi connectivity index (χ0v) is 7.78. The van der Waals surface area contributed by atoms with Crippen LogP contribution in [0.15, 0.2) is 18.2 Å². The van der Waals surface area contributed by atoms with E-state index in [0.29, 0.717) is 0 Å². The van der Waals surface area contributed by atoms with Gasteiger partial charge in [-0.3, -0.25) is 5.84 Å². The summed E-state index contributed by atoms with van der Waals surface area (Å²) in [5.74, 6) is -0.646. The lowest BCUT2D eigenvalue weighted by molar-refractivity contribution is -0.159. The maximum Gasteiger partial charge on any atom is 0.414 e. The molecule has 8 heteroatoms. The van der Waals surface area contributed by atoms with Crippen LogP contribution in [-0.4, -0.2) is 22.2 Å². The van der Waals surface area contributed by atoms with Gasteiger partial charge >= 0.3 is 11.9 Å². The number of nitrogens with one attached hydrogen (secondary N) is 1. The molecule has 0 aromatic heterocycles. The van der Waals surface area contributed by atoms with Gasteiger partial charge in [0, 0.05) is 0 Å². The van der Waals surface area contributed by atoms with E-state index in [1.165, 1.54) is 12.1 Å². The van der Waals surface area contributed by atoms with Gasteiger partial charge < -0.3 is 15.6 Å². The molecule has 0 bridgehead atoms. The summed E-state index contributed by atoms with van der Waals surface area (Å²) in [5, 5.41) is 14.8. The van der Waals surface area contributed by atoms with E-state index >= 15 is 0 Å². The van der Waals surface area contributed by atoms with E-state index in [4.69, 9.17) is 25.6 Å². The molecule has 0 saturated carbocycles. The summed E-state index contributed by atoms with van der Waals surface area (Å²) < 4.78 is 24.8. The molecule has 16 heavy (non-hydrogen) atoms. The summed E-state index contributed by atoms with van der Waals surface area (Å²) in [7, 11) is 0. The number of carbonyl (C=O) groups is 2. The van der Waals surface area contributed by atoms with Crippen molar-refractivity contribution in [3.8, 4) is 0 Å². The summed E-state index contributed by atoms with van der Waals surface area (Å²) >= 11 is 0. The van der Waals surface area contributed by atoms with Crippen LogP contribution in [-0.2, 0) is 9.59 Å². The average Bonchev–Trinajstić information content (AvgIpc) is 2.23. The van der Waals surface area contributed by atoms with Gasteiger partial charge in [-0.2, -0.15) is 0 Å². The number of aliphatic carboxylic acids is 2. The van der Waals surface area contributed by atoms with E-state index in [9.17, 15) is 8.78 Å². The second-order valence-corrected chi connectivity index (χ2v) is 2.36. The first kappa shape index (κ1) is 13.8. The molecule has 0 unspecified atom stereocenters. The first-order valence-electron chi connectivity index (χ1n) is 3.77. The van der Waals surface area contributed by atoms with E-state index in [-0.39, 0.29) is 5.69 Å². The van der Waals surface area contributed by atoms with Gasteiger partial charge in [0.1, 0.15) is 0 Å². The molecular weight excluding hydrogens is 226 g/mol. The SMILES string of the molecule is NNc1cccc(F)c1F.O=C(O)C(=O)O. The zero-order valence-electron chi connectivity index (χ0n) is 7.78. The topological polar surface area (TPSA) is 113 Å². The number of rotatable bonds is 1. The summed E-state index contributed by atoms with van der Waals surface area (Å²) in [4.78, 5) is 18.2. The van der Waals surface area contributed by atoms with Crippen LogP contribution < -0.4 is 11.3 Å². The van der Waals surface area contributed by atoms with Crippen LogP contribution in [0.3, 0.4) is 0 Å².